The molecule has 5 nitrogen and oxygen atoms in total. The fourth-order valence-corrected chi connectivity index (χ4v) is 3.50. The lowest BCUT2D eigenvalue weighted by atomic mass is 10.0. The van der Waals surface area contributed by atoms with Crippen LogP contribution in [-0.2, 0) is 4.79 Å². The molecule has 28 heavy (non-hydrogen) atoms. The predicted molar refractivity (Wildman–Crippen MR) is 110 cm³/mol. The summed E-state index contributed by atoms with van der Waals surface area (Å²) in [6.07, 6.45) is 1.33. The number of rotatable bonds is 5. The number of benzene rings is 2. The van der Waals surface area contributed by atoms with Crippen molar-refractivity contribution in [1.82, 2.24) is 10.2 Å². The zero-order valence-electron chi connectivity index (χ0n) is 15.0. The Hall–Kier alpha value is -1.95. The molecule has 2 amide bonds. The standard InChI is InChI=1S/C20H19Cl3N2O3/c21-13-1-4-16(5-2-13)28-12-19(26)24-15-7-9-25(10-8-15)20(27)17-11-14(22)3-6-18(17)23/h1-6,11,15H,7-10,12H2,(H,24,26). The van der Waals surface area contributed by atoms with Gasteiger partial charge >= 0.3 is 0 Å². The van der Waals surface area contributed by atoms with E-state index < -0.39 is 0 Å². The second kappa shape index (κ2) is 9.50. The van der Waals surface area contributed by atoms with E-state index in [9.17, 15) is 9.59 Å². The molecule has 148 valence electrons. The highest BCUT2D eigenvalue weighted by Crippen LogP contribution is 2.23. The van der Waals surface area contributed by atoms with Crippen LogP contribution in [0, 0.1) is 0 Å². The van der Waals surface area contributed by atoms with Gasteiger partial charge in [-0.3, -0.25) is 9.59 Å². The Morgan fingerprint density at radius 2 is 1.64 bits per heavy atom. The summed E-state index contributed by atoms with van der Waals surface area (Å²) in [6, 6.07) is 11.7. The molecular weight excluding hydrogens is 423 g/mol. The minimum Gasteiger partial charge on any atom is -0.484 e. The SMILES string of the molecule is O=C(COc1ccc(Cl)cc1)NC1CCN(C(=O)c2cc(Cl)ccc2Cl)CC1. The van der Waals surface area contributed by atoms with Gasteiger partial charge in [0.2, 0.25) is 0 Å². The van der Waals surface area contributed by atoms with Crippen LogP contribution in [-0.4, -0.2) is 42.5 Å². The van der Waals surface area contributed by atoms with Crippen molar-refractivity contribution < 1.29 is 14.3 Å². The fourth-order valence-electron chi connectivity index (χ4n) is 3.01. The summed E-state index contributed by atoms with van der Waals surface area (Å²) in [4.78, 5) is 26.5. The van der Waals surface area contributed by atoms with Gasteiger partial charge in [0.15, 0.2) is 6.61 Å². The molecular formula is C20H19Cl3N2O3. The van der Waals surface area contributed by atoms with Crippen molar-refractivity contribution in [2.75, 3.05) is 19.7 Å². The number of nitrogens with zero attached hydrogens (tertiary/aromatic N) is 1. The maximum absolute atomic E-state index is 12.7. The first-order chi connectivity index (χ1) is 13.4. The van der Waals surface area contributed by atoms with Crippen molar-refractivity contribution in [3.8, 4) is 5.75 Å². The van der Waals surface area contributed by atoms with Crippen molar-refractivity contribution in [3.05, 3.63) is 63.1 Å². The average molecular weight is 442 g/mol. The van der Waals surface area contributed by atoms with Gasteiger partial charge in [-0.2, -0.15) is 0 Å². The molecule has 2 aromatic rings. The minimum absolute atomic E-state index is 0.000186. The highest BCUT2D eigenvalue weighted by Gasteiger charge is 2.26. The zero-order chi connectivity index (χ0) is 20.1. The number of ether oxygens (including phenoxy) is 1. The number of piperidine rings is 1. The number of amides is 2. The number of halogens is 3. The van der Waals surface area contributed by atoms with E-state index in [-0.39, 0.29) is 24.5 Å². The molecule has 3 rings (SSSR count). The number of hydrogen-bond donors (Lipinski definition) is 1. The molecule has 1 aliphatic heterocycles. The average Bonchev–Trinajstić information content (AvgIpc) is 2.69. The summed E-state index contributed by atoms with van der Waals surface area (Å²) in [5.41, 5.74) is 0.396. The highest BCUT2D eigenvalue weighted by molar-refractivity contribution is 6.35. The maximum Gasteiger partial charge on any atom is 0.258 e. The summed E-state index contributed by atoms with van der Waals surface area (Å²) < 4.78 is 5.44. The van der Waals surface area contributed by atoms with Crippen LogP contribution in [0.2, 0.25) is 15.1 Å². The molecule has 2 aromatic carbocycles. The van der Waals surface area contributed by atoms with E-state index in [1.165, 1.54) is 0 Å². The van der Waals surface area contributed by atoms with E-state index in [1.54, 1.807) is 47.4 Å². The van der Waals surface area contributed by atoms with Gasteiger partial charge in [-0.1, -0.05) is 34.8 Å². The largest absolute Gasteiger partial charge is 0.484 e. The molecule has 0 unspecified atom stereocenters. The van der Waals surface area contributed by atoms with Crippen LogP contribution in [0.5, 0.6) is 5.75 Å². The van der Waals surface area contributed by atoms with Crippen molar-refractivity contribution in [2.24, 2.45) is 0 Å². The predicted octanol–water partition coefficient (Wildman–Crippen LogP) is 4.45. The summed E-state index contributed by atoms with van der Waals surface area (Å²) in [7, 11) is 0. The first kappa shape index (κ1) is 20.8. The third-order valence-electron chi connectivity index (χ3n) is 4.49. The van der Waals surface area contributed by atoms with Crippen molar-refractivity contribution >= 4 is 46.6 Å². The van der Waals surface area contributed by atoms with Crippen LogP contribution in [0.1, 0.15) is 23.2 Å². The number of hydrogen-bond acceptors (Lipinski definition) is 3. The lowest BCUT2D eigenvalue weighted by Crippen LogP contribution is -2.47. The maximum atomic E-state index is 12.7. The number of nitrogens with one attached hydrogen (secondary N) is 1. The molecule has 0 radical (unpaired) electrons. The molecule has 0 bridgehead atoms. The Bertz CT molecular complexity index is 850. The van der Waals surface area contributed by atoms with E-state index >= 15 is 0 Å². The Morgan fingerprint density at radius 3 is 2.32 bits per heavy atom. The smallest absolute Gasteiger partial charge is 0.258 e. The number of carbonyl (C=O) groups excluding carboxylic acids is 2. The molecule has 8 heteroatoms. The fraction of sp³-hybridized carbons (Fsp3) is 0.300. The van der Waals surface area contributed by atoms with Gasteiger partial charge in [0.05, 0.1) is 10.6 Å². The van der Waals surface area contributed by atoms with Crippen molar-refractivity contribution in [1.29, 1.82) is 0 Å². The van der Waals surface area contributed by atoms with Gasteiger partial charge in [-0.05, 0) is 55.3 Å². The van der Waals surface area contributed by atoms with E-state index in [1.807, 2.05) is 0 Å². The van der Waals surface area contributed by atoms with Gasteiger partial charge in [0.25, 0.3) is 11.8 Å². The number of likely N-dealkylation sites (tertiary alicyclic amines) is 1. The summed E-state index contributed by atoms with van der Waals surface area (Å²) in [5.74, 6) is 0.235. The molecule has 1 fully saturated rings. The Labute approximate surface area is 178 Å². The van der Waals surface area contributed by atoms with Gasteiger partial charge in [-0.25, -0.2) is 0 Å². The summed E-state index contributed by atoms with van der Waals surface area (Å²) in [5, 5.41) is 4.40. The van der Waals surface area contributed by atoms with Gasteiger partial charge < -0.3 is 15.0 Å². The molecule has 1 aliphatic rings. The van der Waals surface area contributed by atoms with Crippen LogP contribution in [0.25, 0.3) is 0 Å². The van der Waals surface area contributed by atoms with E-state index in [2.05, 4.69) is 5.32 Å². The zero-order valence-corrected chi connectivity index (χ0v) is 17.2. The topological polar surface area (TPSA) is 58.6 Å². The first-order valence-corrected chi connectivity index (χ1v) is 9.98. The normalized spacial score (nSPS) is 14.6. The van der Waals surface area contributed by atoms with Crippen LogP contribution >= 0.6 is 34.8 Å². The lowest BCUT2D eigenvalue weighted by molar-refractivity contribution is -0.124. The quantitative estimate of drug-likeness (QED) is 0.746. The Balaban J connectivity index is 1.45. The molecule has 0 spiro atoms. The van der Waals surface area contributed by atoms with Gasteiger partial charge in [0, 0.05) is 29.2 Å². The summed E-state index contributed by atoms with van der Waals surface area (Å²) >= 11 is 17.9. The van der Waals surface area contributed by atoms with Crippen LogP contribution in [0.15, 0.2) is 42.5 Å². The van der Waals surface area contributed by atoms with E-state index in [0.29, 0.717) is 52.3 Å². The molecule has 0 saturated carbocycles. The molecule has 0 aliphatic carbocycles. The Morgan fingerprint density at radius 1 is 1.00 bits per heavy atom. The summed E-state index contributed by atoms with van der Waals surface area (Å²) in [6.45, 7) is 0.994. The van der Waals surface area contributed by atoms with Gasteiger partial charge in [0.1, 0.15) is 5.75 Å². The van der Waals surface area contributed by atoms with Crippen LogP contribution in [0.3, 0.4) is 0 Å². The molecule has 0 aromatic heterocycles. The molecule has 1 saturated heterocycles. The highest BCUT2D eigenvalue weighted by atomic mass is 35.5. The van der Waals surface area contributed by atoms with Crippen molar-refractivity contribution in [3.63, 3.8) is 0 Å². The second-order valence-corrected chi connectivity index (χ2v) is 7.78. The van der Waals surface area contributed by atoms with Crippen LogP contribution in [0.4, 0.5) is 0 Å². The monoisotopic (exact) mass is 440 g/mol. The third kappa shape index (κ3) is 5.53. The number of carbonyl (C=O) groups is 2. The van der Waals surface area contributed by atoms with Crippen molar-refractivity contribution in [2.45, 2.75) is 18.9 Å². The third-order valence-corrected chi connectivity index (χ3v) is 5.31. The van der Waals surface area contributed by atoms with E-state index in [0.717, 1.165) is 0 Å². The Kier molecular flexibility index (Phi) is 7.05. The molecule has 1 heterocycles. The second-order valence-electron chi connectivity index (χ2n) is 6.50. The van der Waals surface area contributed by atoms with Gasteiger partial charge in [-0.15, -0.1) is 0 Å². The first-order valence-electron chi connectivity index (χ1n) is 8.84. The van der Waals surface area contributed by atoms with Crippen LogP contribution < -0.4 is 10.1 Å². The minimum atomic E-state index is -0.197. The lowest BCUT2D eigenvalue weighted by Gasteiger charge is -2.32. The molecule has 0 atom stereocenters. The molecule has 1 N–H and O–H groups in total. The van der Waals surface area contributed by atoms with E-state index in [4.69, 9.17) is 39.5 Å².